The highest BCUT2D eigenvalue weighted by Crippen LogP contribution is 2.30. The van der Waals surface area contributed by atoms with E-state index < -0.39 is 5.97 Å². The van der Waals surface area contributed by atoms with Gasteiger partial charge in [0, 0.05) is 30.7 Å². The molecule has 1 fully saturated rings. The van der Waals surface area contributed by atoms with Gasteiger partial charge in [-0.05, 0) is 67.9 Å². The maximum Gasteiger partial charge on any atom is 0.338 e. The molecule has 0 atom stereocenters. The van der Waals surface area contributed by atoms with Crippen molar-refractivity contribution in [1.29, 1.82) is 0 Å². The normalized spacial score (nSPS) is 13.7. The number of nitrogens with zero attached hydrogens (tertiary/aromatic N) is 5. The van der Waals surface area contributed by atoms with E-state index in [1.165, 1.54) is 39.8 Å². The quantitative estimate of drug-likeness (QED) is 0.452. The number of carboxylic acid groups (broad SMARTS) is 1. The van der Waals surface area contributed by atoms with Gasteiger partial charge in [-0.2, -0.15) is 10.1 Å². The maximum atomic E-state index is 15.2. The van der Waals surface area contributed by atoms with Crippen LogP contribution in [0.5, 0.6) is 0 Å². The van der Waals surface area contributed by atoms with Gasteiger partial charge in [-0.3, -0.25) is 0 Å². The van der Waals surface area contributed by atoms with Crippen LogP contribution < -0.4 is 4.90 Å². The number of aryl methyl sites for hydroxylation is 3. The van der Waals surface area contributed by atoms with Crippen LogP contribution in [0.25, 0.3) is 16.9 Å². The molecule has 0 radical (unpaired) electrons. The third kappa shape index (κ3) is 4.11. The van der Waals surface area contributed by atoms with Crippen molar-refractivity contribution in [3.8, 4) is 5.95 Å². The van der Waals surface area contributed by atoms with Crippen LogP contribution in [0.2, 0.25) is 0 Å². The second-order valence-electron chi connectivity index (χ2n) is 8.85. The van der Waals surface area contributed by atoms with Gasteiger partial charge in [0.1, 0.15) is 11.6 Å². The van der Waals surface area contributed by atoms with Crippen molar-refractivity contribution in [2.24, 2.45) is 0 Å². The van der Waals surface area contributed by atoms with E-state index >= 15 is 4.39 Å². The van der Waals surface area contributed by atoms with Gasteiger partial charge in [0.25, 0.3) is 5.95 Å². The molecule has 0 unspecified atom stereocenters. The van der Waals surface area contributed by atoms with Crippen LogP contribution in [0.1, 0.15) is 45.5 Å². The molecule has 0 bridgehead atoms. The first-order valence-electron chi connectivity index (χ1n) is 11.5. The maximum absolute atomic E-state index is 15.2. The zero-order chi connectivity index (χ0) is 23.8. The number of hydrogen-bond donors (Lipinski definition) is 1. The van der Waals surface area contributed by atoms with Gasteiger partial charge >= 0.3 is 5.97 Å². The Labute approximate surface area is 196 Å². The molecule has 1 aliphatic heterocycles. The van der Waals surface area contributed by atoms with Crippen LogP contribution in [0.3, 0.4) is 0 Å². The molecular formula is C26H26FN5O2. The van der Waals surface area contributed by atoms with Crippen molar-refractivity contribution < 1.29 is 14.3 Å². The number of halogens is 1. The lowest BCUT2D eigenvalue weighted by Gasteiger charge is -2.20. The van der Waals surface area contributed by atoms with Crippen molar-refractivity contribution >= 4 is 22.7 Å². The summed E-state index contributed by atoms with van der Waals surface area (Å²) in [6, 6.07) is 9.56. The zero-order valence-corrected chi connectivity index (χ0v) is 19.3. The van der Waals surface area contributed by atoms with Gasteiger partial charge in [-0.25, -0.2) is 18.9 Å². The van der Waals surface area contributed by atoms with Crippen molar-refractivity contribution in [3.63, 3.8) is 0 Å². The van der Waals surface area contributed by atoms with Crippen LogP contribution in [-0.2, 0) is 12.8 Å². The minimum atomic E-state index is -1.08. The third-order valence-corrected chi connectivity index (χ3v) is 6.56. The summed E-state index contributed by atoms with van der Waals surface area (Å²) < 4.78 is 16.5. The summed E-state index contributed by atoms with van der Waals surface area (Å²) in [6.07, 6.45) is 6.08. The summed E-state index contributed by atoms with van der Waals surface area (Å²) in [5, 5.41) is 14.1. The number of rotatable bonds is 6. The standard InChI is InChI=1S/C26H26FN5O2/c1-16-6-5-7-17(2)20(16)9-8-18-12-21-23(13-22(18)27)29-26(30-24(21)31-10-3-4-11-31)32-15-19(14-28-32)25(33)34/h5-7,12-15H,3-4,8-11H2,1-2H3,(H,33,34). The molecule has 1 saturated heterocycles. The molecule has 4 aromatic rings. The number of anilines is 1. The Bertz CT molecular complexity index is 1370. The highest BCUT2D eigenvalue weighted by molar-refractivity contribution is 5.91. The number of hydrogen-bond acceptors (Lipinski definition) is 5. The summed E-state index contributed by atoms with van der Waals surface area (Å²) in [4.78, 5) is 22.7. The fraction of sp³-hybridized carbons (Fsp3) is 0.308. The first-order chi connectivity index (χ1) is 16.4. The molecule has 34 heavy (non-hydrogen) atoms. The third-order valence-electron chi connectivity index (χ3n) is 6.56. The Morgan fingerprint density at radius 2 is 1.82 bits per heavy atom. The van der Waals surface area contributed by atoms with Crippen LogP contribution in [0.4, 0.5) is 10.2 Å². The first kappa shape index (κ1) is 22.0. The predicted molar refractivity (Wildman–Crippen MR) is 128 cm³/mol. The molecule has 3 heterocycles. The Hall–Kier alpha value is -3.81. The van der Waals surface area contributed by atoms with E-state index in [0.29, 0.717) is 17.5 Å². The summed E-state index contributed by atoms with van der Waals surface area (Å²) in [5.41, 5.74) is 4.84. The minimum absolute atomic E-state index is 0.0412. The minimum Gasteiger partial charge on any atom is -0.478 e. The van der Waals surface area contributed by atoms with Gasteiger partial charge in [0.2, 0.25) is 0 Å². The molecule has 0 aliphatic carbocycles. The fourth-order valence-corrected chi connectivity index (χ4v) is 4.68. The van der Waals surface area contributed by atoms with Crippen LogP contribution in [0, 0.1) is 19.7 Å². The Balaban J connectivity index is 1.57. The predicted octanol–water partition coefficient (Wildman–Crippen LogP) is 4.66. The molecule has 1 N–H and O–H groups in total. The number of fused-ring (bicyclic) bond motifs is 1. The lowest BCUT2D eigenvalue weighted by molar-refractivity contribution is 0.0697. The summed E-state index contributed by atoms with van der Waals surface area (Å²) >= 11 is 0. The molecule has 8 heteroatoms. The molecule has 7 nitrogen and oxygen atoms in total. The molecule has 0 saturated carbocycles. The van der Waals surface area contributed by atoms with E-state index in [1.54, 1.807) is 0 Å². The number of aromatic nitrogens is 4. The average molecular weight is 460 g/mol. The van der Waals surface area contributed by atoms with E-state index in [-0.39, 0.29) is 17.3 Å². The monoisotopic (exact) mass is 459 g/mol. The fourth-order valence-electron chi connectivity index (χ4n) is 4.68. The zero-order valence-electron chi connectivity index (χ0n) is 19.3. The lowest BCUT2D eigenvalue weighted by atomic mass is 9.96. The van der Waals surface area contributed by atoms with E-state index in [0.717, 1.165) is 43.6 Å². The van der Waals surface area contributed by atoms with E-state index in [9.17, 15) is 9.90 Å². The molecule has 2 aromatic heterocycles. The number of aromatic carboxylic acids is 1. The molecular weight excluding hydrogens is 433 g/mol. The number of carbonyl (C=O) groups is 1. The van der Waals surface area contributed by atoms with Crippen LogP contribution in [-0.4, -0.2) is 43.9 Å². The van der Waals surface area contributed by atoms with Crippen LogP contribution in [0.15, 0.2) is 42.7 Å². The average Bonchev–Trinajstić information content (AvgIpc) is 3.51. The molecule has 174 valence electrons. The van der Waals surface area contributed by atoms with E-state index in [1.807, 2.05) is 12.1 Å². The second-order valence-corrected chi connectivity index (χ2v) is 8.85. The molecule has 5 rings (SSSR count). The van der Waals surface area contributed by atoms with Crippen molar-refractivity contribution in [3.05, 3.63) is 76.4 Å². The topological polar surface area (TPSA) is 84.1 Å². The smallest absolute Gasteiger partial charge is 0.338 e. The number of benzene rings is 2. The van der Waals surface area contributed by atoms with E-state index in [2.05, 4.69) is 41.0 Å². The van der Waals surface area contributed by atoms with Crippen LogP contribution >= 0.6 is 0 Å². The highest BCUT2D eigenvalue weighted by Gasteiger charge is 2.21. The summed E-state index contributed by atoms with van der Waals surface area (Å²) in [5.74, 6) is -0.420. The second kappa shape index (κ2) is 8.85. The molecule has 0 amide bonds. The molecule has 2 aromatic carbocycles. The summed E-state index contributed by atoms with van der Waals surface area (Å²) in [7, 11) is 0. The largest absolute Gasteiger partial charge is 0.478 e. The van der Waals surface area contributed by atoms with Gasteiger partial charge in [0.05, 0.1) is 17.3 Å². The highest BCUT2D eigenvalue weighted by atomic mass is 19.1. The van der Waals surface area contributed by atoms with Gasteiger partial charge < -0.3 is 10.0 Å². The lowest BCUT2D eigenvalue weighted by Crippen LogP contribution is -2.21. The van der Waals surface area contributed by atoms with Gasteiger partial charge in [-0.1, -0.05) is 18.2 Å². The Morgan fingerprint density at radius 1 is 1.09 bits per heavy atom. The summed E-state index contributed by atoms with van der Waals surface area (Å²) in [6.45, 7) is 5.90. The SMILES string of the molecule is Cc1cccc(C)c1CCc1cc2c(N3CCCC3)nc(-n3cc(C(=O)O)cn3)nc2cc1F. The molecule has 0 spiro atoms. The van der Waals surface area contributed by atoms with Crippen molar-refractivity contribution in [2.75, 3.05) is 18.0 Å². The van der Waals surface area contributed by atoms with Crippen molar-refractivity contribution in [1.82, 2.24) is 19.7 Å². The van der Waals surface area contributed by atoms with Gasteiger partial charge in [-0.15, -0.1) is 0 Å². The molecule has 1 aliphatic rings. The Morgan fingerprint density at radius 3 is 2.50 bits per heavy atom. The van der Waals surface area contributed by atoms with E-state index in [4.69, 9.17) is 4.98 Å². The number of carboxylic acids is 1. The Kier molecular flexibility index (Phi) is 5.73. The van der Waals surface area contributed by atoms with Crippen molar-refractivity contribution in [2.45, 2.75) is 39.5 Å². The van der Waals surface area contributed by atoms with Gasteiger partial charge in [0.15, 0.2) is 0 Å². The first-order valence-corrected chi connectivity index (χ1v) is 11.5.